The van der Waals surface area contributed by atoms with Crippen LogP contribution in [0.15, 0.2) is 60.7 Å². The van der Waals surface area contributed by atoms with Gasteiger partial charge in [-0.3, -0.25) is 0 Å². The molecule has 2 aromatic carbocycles. The van der Waals surface area contributed by atoms with Crippen molar-refractivity contribution in [3.05, 3.63) is 78.2 Å². The Morgan fingerprint density at radius 3 is 1.78 bits per heavy atom. The van der Waals surface area contributed by atoms with E-state index in [0.29, 0.717) is 0 Å². The average molecular weight is 237 g/mol. The van der Waals surface area contributed by atoms with Gasteiger partial charge in [-0.25, -0.2) is 0 Å². The molecular weight excluding hydrogens is 216 g/mol. The number of unbranched alkanes of at least 4 members (excludes halogenated alkanes) is 3. The Kier molecular flexibility index (Phi) is 5.52. The second-order valence-electron chi connectivity index (χ2n) is 4.69. The lowest BCUT2D eigenvalue weighted by Crippen LogP contribution is -1.88. The van der Waals surface area contributed by atoms with Crippen LogP contribution in [0, 0.1) is 6.42 Å². The molecule has 2 aromatic rings. The third kappa shape index (κ3) is 4.75. The third-order valence-electron chi connectivity index (χ3n) is 3.20. The molecule has 0 atom stereocenters. The molecule has 0 aliphatic rings. The van der Waals surface area contributed by atoms with Gasteiger partial charge in [-0.15, -0.1) is 0 Å². The highest BCUT2D eigenvalue weighted by Gasteiger charge is 1.95. The van der Waals surface area contributed by atoms with Crippen LogP contribution < -0.4 is 0 Å². The number of rotatable bonds is 7. The van der Waals surface area contributed by atoms with Crippen molar-refractivity contribution in [2.45, 2.75) is 32.1 Å². The highest BCUT2D eigenvalue weighted by Crippen LogP contribution is 2.09. The van der Waals surface area contributed by atoms with Crippen molar-refractivity contribution in [1.82, 2.24) is 0 Å². The van der Waals surface area contributed by atoms with E-state index < -0.39 is 0 Å². The van der Waals surface area contributed by atoms with Crippen LogP contribution in [0.1, 0.15) is 30.4 Å². The van der Waals surface area contributed by atoms with E-state index in [1.807, 2.05) is 0 Å². The zero-order chi connectivity index (χ0) is 12.5. The van der Waals surface area contributed by atoms with Crippen LogP contribution in [0.25, 0.3) is 0 Å². The lowest BCUT2D eigenvalue weighted by Gasteiger charge is -2.02. The number of aryl methyl sites for hydroxylation is 2. The Hall–Kier alpha value is -1.56. The summed E-state index contributed by atoms with van der Waals surface area (Å²) in [7, 11) is 0. The van der Waals surface area contributed by atoms with Gasteiger partial charge in [-0.05, 0) is 49.7 Å². The lowest BCUT2D eigenvalue weighted by molar-refractivity contribution is 0.760. The summed E-state index contributed by atoms with van der Waals surface area (Å²) < 4.78 is 0. The summed E-state index contributed by atoms with van der Waals surface area (Å²) >= 11 is 0. The predicted molar refractivity (Wildman–Crippen MR) is 78.4 cm³/mol. The molecular formula is C18H21. The molecule has 2 rings (SSSR count). The fraction of sp³-hybridized carbons (Fsp3) is 0.278. The molecule has 0 bridgehead atoms. The fourth-order valence-electron chi connectivity index (χ4n) is 2.15. The van der Waals surface area contributed by atoms with Crippen LogP contribution in [0.5, 0.6) is 0 Å². The first-order valence-electron chi connectivity index (χ1n) is 6.84. The Bertz CT molecular complexity index is 373. The summed E-state index contributed by atoms with van der Waals surface area (Å²) in [5, 5.41) is 0. The topological polar surface area (TPSA) is 0 Å². The van der Waals surface area contributed by atoms with Crippen molar-refractivity contribution in [3.63, 3.8) is 0 Å². The van der Waals surface area contributed by atoms with Crippen LogP contribution in [-0.2, 0) is 12.8 Å². The lowest BCUT2D eigenvalue weighted by atomic mass is 10.0. The van der Waals surface area contributed by atoms with E-state index in [1.54, 1.807) is 0 Å². The summed E-state index contributed by atoms with van der Waals surface area (Å²) in [6, 6.07) is 21.5. The zero-order valence-electron chi connectivity index (χ0n) is 10.9. The molecule has 93 valence electrons. The molecule has 0 fully saturated rings. The van der Waals surface area contributed by atoms with Gasteiger partial charge in [0.05, 0.1) is 0 Å². The van der Waals surface area contributed by atoms with E-state index in [0.717, 1.165) is 0 Å². The zero-order valence-corrected chi connectivity index (χ0v) is 10.9. The normalized spacial score (nSPS) is 10.4. The minimum absolute atomic E-state index is 1.17. The predicted octanol–water partition coefficient (Wildman–Crippen LogP) is 4.85. The van der Waals surface area contributed by atoms with Crippen molar-refractivity contribution in [1.29, 1.82) is 0 Å². The molecule has 0 saturated carbocycles. The maximum Gasteiger partial charge on any atom is -0.0276 e. The van der Waals surface area contributed by atoms with E-state index in [4.69, 9.17) is 0 Å². The molecule has 0 aliphatic carbocycles. The van der Waals surface area contributed by atoms with Crippen LogP contribution in [-0.4, -0.2) is 0 Å². The number of benzene rings is 2. The van der Waals surface area contributed by atoms with Gasteiger partial charge < -0.3 is 0 Å². The average Bonchev–Trinajstić information content (AvgIpc) is 2.45. The first kappa shape index (κ1) is 12.9. The molecule has 0 heteroatoms. The second-order valence-corrected chi connectivity index (χ2v) is 4.69. The van der Waals surface area contributed by atoms with E-state index >= 15 is 0 Å². The number of hydrogen-bond acceptors (Lipinski definition) is 0. The molecule has 0 saturated heterocycles. The molecule has 0 aromatic heterocycles. The summed E-state index contributed by atoms with van der Waals surface area (Å²) in [5.74, 6) is 0. The van der Waals surface area contributed by atoms with Gasteiger partial charge in [-0.2, -0.15) is 0 Å². The third-order valence-corrected chi connectivity index (χ3v) is 3.20. The molecule has 0 unspecified atom stereocenters. The molecule has 0 aliphatic heterocycles. The summed E-state index contributed by atoms with van der Waals surface area (Å²) in [6.07, 6.45) is 8.48. The highest BCUT2D eigenvalue weighted by molar-refractivity contribution is 5.15. The van der Waals surface area contributed by atoms with Crippen LogP contribution >= 0.6 is 0 Å². The Morgan fingerprint density at radius 1 is 0.611 bits per heavy atom. The molecule has 0 heterocycles. The Morgan fingerprint density at radius 2 is 1.17 bits per heavy atom. The Labute approximate surface area is 111 Å². The minimum atomic E-state index is 1.17. The van der Waals surface area contributed by atoms with Gasteiger partial charge in [0.15, 0.2) is 0 Å². The van der Waals surface area contributed by atoms with Crippen molar-refractivity contribution in [2.24, 2.45) is 0 Å². The number of hydrogen-bond donors (Lipinski definition) is 0. The summed E-state index contributed by atoms with van der Waals surface area (Å²) in [6.45, 7) is 0. The quantitative estimate of drug-likeness (QED) is 0.604. The van der Waals surface area contributed by atoms with Crippen molar-refractivity contribution >= 4 is 0 Å². The van der Waals surface area contributed by atoms with E-state index in [-0.39, 0.29) is 0 Å². The van der Waals surface area contributed by atoms with Gasteiger partial charge in [-0.1, -0.05) is 60.7 Å². The van der Waals surface area contributed by atoms with Crippen LogP contribution in [0.2, 0.25) is 0 Å². The van der Waals surface area contributed by atoms with Crippen molar-refractivity contribution in [3.8, 4) is 0 Å². The van der Waals surface area contributed by atoms with Gasteiger partial charge in [0, 0.05) is 0 Å². The smallest absolute Gasteiger partial charge is 0.0276 e. The maximum absolute atomic E-state index is 2.43. The van der Waals surface area contributed by atoms with Gasteiger partial charge in [0.1, 0.15) is 0 Å². The van der Waals surface area contributed by atoms with Crippen LogP contribution in [0.4, 0.5) is 0 Å². The first-order valence-corrected chi connectivity index (χ1v) is 6.84. The van der Waals surface area contributed by atoms with E-state index in [1.165, 1.54) is 43.2 Å². The summed E-state index contributed by atoms with van der Waals surface area (Å²) in [5.41, 5.74) is 2.89. The first-order chi connectivity index (χ1) is 8.95. The molecule has 0 N–H and O–H groups in total. The van der Waals surface area contributed by atoms with Gasteiger partial charge in [0.2, 0.25) is 0 Å². The standard InChI is InChI=1S/C18H21/c1(5-11-17-13-7-3-8-14-17)2-6-12-18-15-9-4-10-16-18/h1,3-4,7-10,13-16H,2,5-6,11-12H2. The Balaban J connectivity index is 1.54. The molecule has 0 spiro atoms. The minimum Gasteiger partial charge on any atom is -0.0622 e. The molecule has 1 radical (unpaired) electrons. The molecule has 18 heavy (non-hydrogen) atoms. The fourth-order valence-corrected chi connectivity index (χ4v) is 2.15. The van der Waals surface area contributed by atoms with Crippen molar-refractivity contribution in [2.75, 3.05) is 0 Å². The summed E-state index contributed by atoms with van der Waals surface area (Å²) in [4.78, 5) is 0. The van der Waals surface area contributed by atoms with Gasteiger partial charge in [0.25, 0.3) is 0 Å². The van der Waals surface area contributed by atoms with Gasteiger partial charge >= 0.3 is 0 Å². The molecule has 0 nitrogen and oxygen atoms in total. The largest absolute Gasteiger partial charge is 0.0622 e. The van der Waals surface area contributed by atoms with Crippen LogP contribution in [0.3, 0.4) is 0 Å². The molecule has 0 amide bonds. The van der Waals surface area contributed by atoms with E-state index in [9.17, 15) is 0 Å². The maximum atomic E-state index is 2.43. The second kappa shape index (κ2) is 7.71. The monoisotopic (exact) mass is 237 g/mol. The SMILES string of the molecule is [CH](CCCc1ccccc1)CCc1ccccc1. The van der Waals surface area contributed by atoms with E-state index in [2.05, 4.69) is 67.1 Å². The van der Waals surface area contributed by atoms with Crippen molar-refractivity contribution < 1.29 is 0 Å². The highest BCUT2D eigenvalue weighted by atomic mass is 14.0.